The van der Waals surface area contributed by atoms with Crippen LogP contribution in [-0.4, -0.2) is 30.3 Å². The van der Waals surface area contributed by atoms with Gasteiger partial charge in [0.25, 0.3) is 0 Å². The lowest BCUT2D eigenvalue weighted by Gasteiger charge is -2.27. The molecule has 2 amide bonds. The summed E-state index contributed by atoms with van der Waals surface area (Å²) in [5, 5.41) is 6.01. The Bertz CT molecular complexity index is 1070. The van der Waals surface area contributed by atoms with E-state index < -0.39 is 6.04 Å². The van der Waals surface area contributed by atoms with Crippen LogP contribution in [0.2, 0.25) is 0 Å². The predicted octanol–water partition coefficient (Wildman–Crippen LogP) is 5.17. The fourth-order valence-electron chi connectivity index (χ4n) is 3.96. The van der Waals surface area contributed by atoms with Crippen molar-refractivity contribution in [1.82, 2.24) is 4.90 Å². The Morgan fingerprint density at radius 2 is 1.41 bits per heavy atom. The number of carbonyl (C=O) groups is 2. The minimum Gasteiger partial charge on any atom is -0.324 e. The van der Waals surface area contributed by atoms with Crippen molar-refractivity contribution in [3.63, 3.8) is 0 Å². The molecule has 0 saturated carbocycles. The highest BCUT2D eigenvalue weighted by molar-refractivity contribution is 5.97. The fraction of sp³-hybridized carbons (Fsp3) is 0.259. The van der Waals surface area contributed by atoms with Crippen LogP contribution in [0.1, 0.15) is 33.9 Å². The van der Waals surface area contributed by atoms with E-state index in [1.165, 1.54) is 0 Å². The van der Waals surface area contributed by atoms with Gasteiger partial charge in [0, 0.05) is 11.4 Å². The van der Waals surface area contributed by atoms with Gasteiger partial charge in [-0.25, -0.2) is 0 Å². The summed E-state index contributed by atoms with van der Waals surface area (Å²) in [6.45, 7) is 8.09. The molecule has 1 atom stereocenters. The molecule has 2 N–H and O–H groups in total. The topological polar surface area (TPSA) is 61.4 Å². The maximum atomic E-state index is 13.2. The molecule has 32 heavy (non-hydrogen) atoms. The average Bonchev–Trinajstić information content (AvgIpc) is 2.73. The molecule has 0 aliphatic rings. The second-order valence-electron chi connectivity index (χ2n) is 8.41. The Balaban J connectivity index is 1.78. The number of carbonyl (C=O) groups excluding carboxylic acids is 2. The molecule has 0 unspecified atom stereocenters. The Morgan fingerprint density at radius 1 is 0.812 bits per heavy atom. The number of nitrogens with zero attached hydrogens (tertiary/aromatic N) is 1. The zero-order valence-electron chi connectivity index (χ0n) is 19.4. The number of likely N-dealkylation sites (N-methyl/N-ethyl adjacent to an activating group) is 1. The van der Waals surface area contributed by atoms with E-state index in [-0.39, 0.29) is 18.4 Å². The van der Waals surface area contributed by atoms with E-state index in [0.717, 1.165) is 39.2 Å². The van der Waals surface area contributed by atoms with Gasteiger partial charge in [-0.2, -0.15) is 0 Å². The molecule has 0 aliphatic heterocycles. The van der Waals surface area contributed by atoms with Gasteiger partial charge in [0.05, 0.1) is 6.54 Å². The Morgan fingerprint density at radius 3 is 2.00 bits per heavy atom. The highest BCUT2D eigenvalue weighted by Gasteiger charge is 2.27. The first-order chi connectivity index (χ1) is 15.2. The van der Waals surface area contributed by atoms with Crippen LogP contribution in [0.25, 0.3) is 0 Å². The molecule has 5 nitrogen and oxygen atoms in total. The standard InChI is InChI=1S/C27H31N3O2/c1-18-11-13-23(14-12-18)28-27(32)26(22-9-7-6-8-10-22)30(5)17-24(31)29-25-20(3)15-19(2)16-21(25)4/h6-16,26H,17H2,1-5H3,(H,28,32)(H,29,31)/t26-/m1/s1. The third-order valence-corrected chi connectivity index (χ3v) is 5.46. The highest BCUT2D eigenvalue weighted by atomic mass is 16.2. The summed E-state index contributed by atoms with van der Waals surface area (Å²) in [5.74, 6) is -0.343. The summed E-state index contributed by atoms with van der Waals surface area (Å²) < 4.78 is 0. The molecule has 0 spiro atoms. The third kappa shape index (κ3) is 5.83. The van der Waals surface area contributed by atoms with Gasteiger partial charge >= 0.3 is 0 Å². The molecular formula is C27H31N3O2. The lowest BCUT2D eigenvalue weighted by molar-refractivity contribution is -0.123. The van der Waals surface area contributed by atoms with E-state index in [1.807, 2.05) is 94.4 Å². The summed E-state index contributed by atoms with van der Waals surface area (Å²) in [7, 11) is 1.79. The number of hydrogen-bond donors (Lipinski definition) is 2. The van der Waals surface area contributed by atoms with Crippen LogP contribution in [0.15, 0.2) is 66.7 Å². The zero-order chi connectivity index (χ0) is 23.3. The van der Waals surface area contributed by atoms with Crippen LogP contribution in [0, 0.1) is 27.7 Å². The maximum absolute atomic E-state index is 13.2. The molecule has 0 heterocycles. The summed E-state index contributed by atoms with van der Waals surface area (Å²) >= 11 is 0. The van der Waals surface area contributed by atoms with Crippen LogP contribution in [-0.2, 0) is 9.59 Å². The molecule has 3 aromatic carbocycles. The Hall–Kier alpha value is -3.44. The van der Waals surface area contributed by atoms with Crippen molar-refractivity contribution in [2.45, 2.75) is 33.7 Å². The molecule has 0 fully saturated rings. The van der Waals surface area contributed by atoms with Gasteiger partial charge in [-0.15, -0.1) is 0 Å². The summed E-state index contributed by atoms with van der Waals surface area (Å²) in [6, 6.07) is 20.7. The van der Waals surface area contributed by atoms with Crippen LogP contribution < -0.4 is 10.6 Å². The molecule has 5 heteroatoms. The SMILES string of the molecule is Cc1ccc(NC(=O)[C@@H](c2ccccc2)N(C)CC(=O)Nc2c(C)cc(C)cc2C)cc1. The largest absolute Gasteiger partial charge is 0.324 e. The maximum Gasteiger partial charge on any atom is 0.246 e. The van der Waals surface area contributed by atoms with Crippen molar-refractivity contribution in [3.8, 4) is 0 Å². The zero-order valence-corrected chi connectivity index (χ0v) is 19.4. The predicted molar refractivity (Wildman–Crippen MR) is 131 cm³/mol. The first-order valence-corrected chi connectivity index (χ1v) is 10.7. The van der Waals surface area contributed by atoms with Gasteiger partial charge in [0.1, 0.15) is 6.04 Å². The van der Waals surface area contributed by atoms with Crippen molar-refractivity contribution in [1.29, 1.82) is 0 Å². The van der Waals surface area contributed by atoms with Crippen LogP contribution >= 0.6 is 0 Å². The third-order valence-electron chi connectivity index (χ3n) is 5.46. The summed E-state index contributed by atoms with van der Waals surface area (Å²) in [6.07, 6.45) is 0. The van der Waals surface area contributed by atoms with Gasteiger partial charge in [0.15, 0.2) is 0 Å². The number of hydrogen-bond acceptors (Lipinski definition) is 3. The Kier molecular flexibility index (Phi) is 7.44. The van der Waals surface area contributed by atoms with Gasteiger partial charge < -0.3 is 10.6 Å². The lowest BCUT2D eigenvalue weighted by Crippen LogP contribution is -2.39. The second-order valence-corrected chi connectivity index (χ2v) is 8.41. The number of nitrogens with one attached hydrogen (secondary N) is 2. The molecule has 166 valence electrons. The van der Waals surface area contributed by atoms with E-state index in [0.29, 0.717) is 0 Å². The monoisotopic (exact) mass is 429 g/mol. The van der Waals surface area contributed by atoms with Crippen LogP contribution in [0.5, 0.6) is 0 Å². The number of amides is 2. The fourth-order valence-corrected chi connectivity index (χ4v) is 3.96. The second kappa shape index (κ2) is 10.2. The van der Waals surface area contributed by atoms with Crippen molar-refractivity contribution in [2.24, 2.45) is 0 Å². The number of benzene rings is 3. The van der Waals surface area contributed by atoms with E-state index in [1.54, 1.807) is 11.9 Å². The molecule has 0 bridgehead atoms. The normalized spacial score (nSPS) is 11.8. The summed E-state index contributed by atoms with van der Waals surface area (Å²) in [4.78, 5) is 27.9. The Labute approximate surface area is 190 Å². The summed E-state index contributed by atoms with van der Waals surface area (Å²) in [5.41, 5.74) is 6.71. The van der Waals surface area contributed by atoms with Crippen LogP contribution in [0.4, 0.5) is 11.4 Å². The minimum absolute atomic E-state index is 0.0770. The number of anilines is 2. The first-order valence-electron chi connectivity index (χ1n) is 10.7. The van der Waals surface area contributed by atoms with E-state index in [2.05, 4.69) is 10.6 Å². The molecule has 0 aromatic heterocycles. The van der Waals surface area contributed by atoms with E-state index in [4.69, 9.17) is 0 Å². The van der Waals surface area contributed by atoms with Crippen molar-refractivity contribution in [2.75, 3.05) is 24.2 Å². The van der Waals surface area contributed by atoms with Gasteiger partial charge in [0.2, 0.25) is 11.8 Å². The van der Waals surface area contributed by atoms with E-state index >= 15 is 0 Å². The quantitative estimate of drug-likeness (QED) is 0.545. The molecule has 3 rings (SSSR count). The number of aryl methyl sites for hydroxylation is 4. The van der Waals surface area contributed by atoms with Gasteiger partial charge in [-0.05, 0) is 63.6 Å². The van der Waals surface area contributed by atoms with Crippen LogP contribution in [0.3, 0.4) is 0 Å². The highest BCUT2D eigenvalue weighted by Crippen LogP contribution is 2.24. The van der Waals surface area contributed by atoms with Crippen molar-refractivity contribution >= 4 is 23.2 Å². The molecule has 3 aromatic rings. The van der Waals surface area contributed by atoms with Crippen molar-refractivity contribution < 1.29 is 9.59 Å². The number of rotatable bonds is 7. The molecular weight excluding hydrogens is 398 g/mol. The first kappa shape index (κ1) is 23.2. The minimum atomic E-state index is -0.608. The molecule has 0 saturated heterocycles. The van der Waals surface area contributed by atoms with Gasteiger partial charge in [-0.3, -0.25) is 14.5 Å². The van der Waals surface area contributed by atoms with Gasteiger partial charge in [-0.1, -0.05) is 65.7 Å². The smallest absolute Gasteiger partial charge is 0.246 e. The average molecular weight is 430 g/mol. The molecule has 0 aliphatic carbocycles. The van der Waals surface area contributed by atoms with Crippen molar-refractivity contribution in [3.05, 3.63) is 94.5 Å². The van der Waals surface area contributed by atoms with E-state index in [9.17, 15) is 9.59 Å². The lowest BCUT2D eigenvalue weighted by atomic mass is 10.0. The molecule has 0 radical (unpaired) electrons.